The van der Waals surface area contributed by atoms with Crippen LogP contribution in [0.2, 0.25) is 0 Å². The van der Waals surface area contributed by atoms with Crippen molar-refractivity contribution in [3.05, 3.63) is 30.3 Å². The molecule has 4 nitrogen and oxygen atoms in total. The summed E-state index contributed by atoms with van der Waals surface area (Å²) >= 11 is 0. The molecular weight excluding hydrogens is 194 g/mol. The number of nitrogens with one attached hydrogen (secondary N) is 1. The van der Waals surface area contributed by atoms with Crippen LogP contribution in [-0.4, -0.2) is 12.7 Å². The zero-order valence-corrected chi connectivity index (χ0v) is 8.32. The van der Waals surface area contributed by atoms with Crippen LogP contribution in [-0.2, 0) is 4.74 Å². The first-order chi connectivity index (χ1) is 7.29. The molecule has 0 radical (unpaired) electrons. The number of amides is 1. The summed E-state index contributed by atoms with van der Waals surface area (Å²) in [5, 5.41) is 3.45. The highest BCUT2D eigenvalue weighted by atomic mass is 16.5. The average Bonchev–Trinajstić information content (AvgIpc) is 2.59. The van der Waals surface area contributed by atoms with Crippen LogP contribution < -0.4 is 5.32 Å². The number of ether oxygens (including phenoxy) is 1. The fraction of sp³-hybridized carbons (Fsp3) is 0.182. The second kappa shape index (κ2) is 4.04. The van der Waals surface area contributed by atoms with Gasteiger partial charge in [-0.15, -0.1) is 0 Å². The predicted molar refractivity (Wildman–Crippen MR) is 56.9 cm³/mol. The summed E-state index contributed by atoms with van der Waals surface area (Å²) in [7, 11) is 0. The largest absolute Gasteiger partial charge is 0.450 e. The van der Waals surface area contributed by atoms with E-state index in [0.717, 1.165) is 11.0 Å². The highest BCUT2D eigenvalue weighted by molar-refractivity contribution is 5.88. The zero-order chi connectivity index (χ0) is 10.7. The van der Waals surface area contributed by atoms with Gasteiger partial charge in [-0.05, 0) is 13.0 Å². The molecule has 1 heterocycles. The fourth-order valence-corrected chi connectivity index (χ4v) is 1.31. The topological polar surface area (TPSA) is 51.5 Å². The molecule has 2 rings (SSSR count). The van der Waals surface area contributed by atoms with E-state index < -0.39 is 6.09 Å². The first-order valence-corrected chi connectivity index (χ1v) is 4.72. The summed E-state index contributed by atoms with van der Waals surface area (Å²) in [6, 6.07) is 9.29. The first-order valence-electron chi connectivity index (χ1n) is 4.72. The zero-order valence-electron chi connectivity index (χ0n) is 8.32. The van der Waals surface area contributed by atoms with E-state index in [-0.39, 0.29) is 0 Å². The Morgan fingerprint density at radius 1 is 1.47 bits per heavy atom. The Balaban J connectivity index is 2.18. The maximum atomic E-state index is 11.1. The van der Waals surface area contributed by atoms with Crippen molar-refractivity contribution in [1.82, 2.24) is 0 Å². The average molecular weight is 205 g/mol. The Morgan fingerprint density at radius 3 is 3.00 bits per heavy atom. The summed E-state index contributed by atoms with van der Waals surface area (Å²) < 4.78 is 10.1. The second-order valence-electron chi connectivity index (χ2n) is 2.99. The van der Waals surface area contributed by atoms with Gasteiger partial charge in [0, 0.05) is 11.5 Å². The number of anilines is 1. The highest BCUT2D eigenvalue weighted by Gasteiger charge is 2.06. The summed E-state index contributed by atoms with van der Waals surface area (Å²) in [6.07, 6.45) is -0.503. The summed E-state index contributed by atoms with van der Waals surface area (Å²) in [4.78, 5) is 11.1. The Hall–Kier alpha value is -1.97. The SMILES string of the molecule is CCOC(=O)Nc1cc2ccccc2o1. The van der Waals surface area contributed by atoms with Crippen LogP contribution >= 0.6 is 0 Å². The van der Waals surface area contributed by atoms with Gasteiger partial charge in [0.2, 0.25) is 5.88 Å². The number of para-hydroxylation sites is 1. The van der Waals surface area contributed by atoms with E-state index >= 15 is 0 Å². The minimum Gasteiger partial charge on any atom is -0.450 e. The number of rotatable bonds is 2. The van der Waals surface area contributed by atoms with E-state index in [0.29, 0.717) is 12.5 Å². The van der Waals surface area contributed by atoms with Gasteiger partial charge in [-0.2, -0.15) is 0 Å². The molecule has 1 amide bonds. The Bertz CT molecular complexity index is 442. The van der Waals surface area contributed by atoms with Crippen molar-refractivity contribution in [2.75, 3.05) is 11.9 Å². The lowest BCUT2D eigenvalue weighted by molar-refractivity contribution is 0.167. The van der Waals surface area contributed by atoms with Gasteiger partial charge in [-0.3, -0.25) is 5.32 Å². The molecule has 0 fully saturated rings. The van der Waals surface area contributed by atoms with Crippen molar-refractivity contribution in [3.8, 4) is 0 Å². The molecule has 0 bridgehead atoms. The summed E-state index contributed by atoms with van der Waals surface area (Å²) in [6.45, 7) is 2.09. The van der Waals surface area contributed by atoms with Gasteiger partial charge in [0.15, 0.2) is 0 Å². The molecule has 1 aromatic heterocycles. The molecular formula is C11H11NO3. The monoisotopic (exact) mass is 205 g/mol. The predicted octanol–water partition coefficient (Wildman–Crippen LogP) is 3.00. The molecule has 0 aliphatic heterocycles. The smallest absolute Gasteiger partial charge is 0.413 e. The van der Waals surface area contributed by atoms with Gasteiger partial charge >= 0.3 is 6.09 Å². The Morgan fingerprint density at radius 2 is 2.27 bits per heavy atom. The molecule has 15 heavy (non-hydrogen) atoms. The third-order valence-electron chi connectivity index (χ3n) is 1.93. The first kappa shape index (κ1) is 9.58. The van der Waals surface area contributed by atoms with Crippen LogP contribution in [0.4, 0.5) is 10.7 Å². The molecule has 0 saturated heterocycles. The molecule has 2 aromatic rings. The molecule has 1 N–H and O–H groups in total. The van der Waals surface area contributed by atoms with E-state index in [2.05, 4.69) is 5.32 Å². The van der Waals surface area contributed by atoms with Crippen molar-refractivity contribution in [2.45, 2.75) is 6.92 Å². The normalized spacial score (nSPS) is 10.2. The summed E-state index contributed by atoms with van der Waals surface area (Å²) in [5.41, 5.74) is 0.740. The van der Waals surface area contributed by atoms with Crippen molar-refractivity contribution in [3.63, 3.8) is 0 Å². The van der Waals surface area contributed by atoms with E-state index in [9.17, 15) is 4.79 Å². The van der Waals surface area contributed by atoms with Crippen molar-refractivity contribution >= 4 is 22.9 Å². The van der Waals surface area contributed by atoms with Gasteiger partial charge in [-0.25, -0.2) is 4.79 Å². The fourth-order valence-electron chi connectivity index (χ4n) is 1.31. The van der Waals surface area contributed by atoms with Crippen LogP contribution in [0.1, 0.15) is 6.92 Å². The molecule has 78 valence electrons. The van der Waals surface area contributed by atoms with Crippen LogP contribution in [0.15, 0.2) is 34.7 Å². The molecule has 0 spiro atoms. The maximum Gasteiger partial charge on any atom is 0.413 e. The van der Waals surface area contributed by atoms with Gasteiger partial charge < -0.3 is 9.15 Å². The number of hydrogen-bond donors (Lipinski definition) is 1. The van der Waals surface area contributed by atoms with Crippen molar-refractivity contribution in [1.29, 1.82) is 0 Å². The lowest BCUT2D eigenvalue weighted by Crippen LogP contribution is -2.12. The standard InChI is InChI=1S/C11H11NO3/c1-2-14-11(13)12-10-7-8-5-3-4-6-9(8)15-10/h3-7H,2H2,1H3,(H,12,13). The number of carbonyl (C=O) groups is 1. The van der Waals surface area contributed by atoms with Gasteiger partial charge in [0.25, 0.3) is 0 Å². The molecule has 4 heteroatoms. The van der Waals surface area contributed by atoms with Crippen molar-refractivity contribution in [2.24, 2.45) is 0 Å². The molecule has 0 unspecified atom stereocenters. The lowest BCUT2D eigenvalue weighted by atomic mass is 10.3. The number of furan rings is 1. The quantitative estimate of drug-likeness (QED) is 0.819. The Labute approximate surface area is 86.8 Å². The third-order valence-corrected chi connectivity index (χ3v) is 1.93. The van der Waals surface area contributed by atoms with Gasteiger partial charge in [0.1, 0.15) is 5.58 Å². The van der Waals surface area contributed by atoms with E-state index in [1.165, 1.54) is 0 Å². The minimum absolute atomic E-state index is 0.339. The van der Waals surface area contributed by atoms with Crippen molar-refractivity contribution < 1.29 is 13.9 Å². The molecule has 0 aliphatic carbocycles. The van der Waals surface area contributed by atoms with Crippen LogP contribution in [0.5, 0.6) is 0 Å². The molecule has 0 aliphatic rings. The van der Waals surface area contributed by atoms with E-state index in [1.54, 1.807) is 13.0 Å². The van der Waals surface area contributed by atoms with E-state index in [1.807, 2.05) is 24.3 Å². The lowest BCUT2D eigenvalue weighted by Gasteiger charge is -2.00. The maximum absolute atomic E-state index is 11.1. The van der Waals surface area contributed by atoms with Gasteiger partial charge in [0.05, 0.1) is 6.61 Å². The minimum atomic E-state index is -0.503. The Kier molecular flexibility index (Phi) is 2.58. The van der Waals surface area contributed by atoms with E-state index in [4.69, 9.17) is 9.15 Å². The van der Waals surface area contributed by atoms with Crippen LogP contribution in [0, 0.1) is 0 Å². The highest BCUT2D eigenvalue weighted by Crippen LogP contribution is 2.22. The number of hydrogen-bond acceptors (Lipinski definition) is 3. The summed E-state index contributed by atoms with van der Waals surface area (Å²) in [5.74, 6) is 0.398. The third kappa shape index (κ3) is 2.10. The molecule has 1 aromatic carbocycles. The van der Waals surface area contributed by atoms with Crippen LogP contribution in [0.25, 0.3) is 11.0 Å². The molecule has 0 saturated carbocycles. The number of fused-ring (bicyclic) bond motifs is 1. The number of carbonyl (C=O) groups excluding carboxylic acids is 1. The number of benzene rings is 1. The van der Waals surface area contributed by atoms with Crippen LogP contribution in [0.3, 0.4) is 0 Å². The van der Waals surface area contributed by atoms with Gasteiger partial charge in [-0.1, -0.05) is 18.2 Å². The molecule has 0 atom stereocenters. The second-order valence-corrected chi connectivity index (χ2v) is 2.99.